The van der Waals surface area contributed by atoms with Gasteiger partial charge in [-0.1, -0.05) is 6.08 Å². The van der Waals surface area contributed by atoms with Gasteiger partial charge in [-0.2, -0.15) is 5.10 Å². The molecule has 6 nitrogen and oxygen atoms in total. The number of carboxylic acids is 1. The molecule has 1 aromatic heterocycles. The van der Waals surface area contributed by atoms with Gasteiger partial charge in [0.15, 0.2) is 5.69 Å². The highest BCUT2D eigenvalue weighted by atomic mass is 16.5. The van der Waals surface area contributed by atoms with Gasteiger partial charge < -0.3 is 9.84 Å². The number of carboxylic acid groups (broad SMARTS) is 1. The van der Waals surface area contributed by atoms with Crippen molar-refractivity contribution in [3.63, 3.8) is 0 Å². The second-order valence-electron chi connectivity index (χ2n) is 8.13. The lowest BCUT2D eigenvalue weighted by molar-refractivity contribution is -0.0387. The summed E-state index contributed by atoms with van der Waals surface area (Å²) in [5, 5.41) is 13.9. The van der Waals surface area contributed by atoms with Gasteiger partial charge in [-0.25, -0.2) is 4.79 Å². The van der Waals surface area contributed by atoms with Crippen LogP contribution in [0.15, 0.2) is 12.7 Å². The van der Waals surface area contributed by atoms with Crippen LogP contribution in [0.25, 0.3) is 0 Å². The minimum Gasteiger partial charge on any atom is -0.476 e. The lowest BCUT2D eigenvalue weighted by Gasteiger charge is -2.48. The van der Waals surface area contributed by atoms with Gasteiger partial charge in [0.05, 0.1) is 6.54 Å². The third-order valence-corrected chi connectivity index (χ3v) is 6.59. The van der Waals surface area contributed by atoms with E-state index in [1.165, 1.54) is 25.7 Å². The van der Waals surface area contributed by atoms with Gasteiger partial charge in [-0.15, -0.1) is 6.58 Å². The van der Waals surface area contributed by atoms with Crippen molar-refractivity contribution in [3.05, 3.63) is 29.6 Å². The minimum absolute atomic E-state index is 0.240. The molecule has 0 saturated carbocycles. The van der Waals surface area contributed by atoms with Crippen LogP contribution >= 0.6 is 0 Å². The summed E-state index contributed by atoms with van der Waals surface area (Å²) in [6.07, 6.45) is 9.46. The fourth-order valence-electron chi connectivity index (χ4n) is 5.20. The quantitative estimate of drug-likeness (QED) is 0.837. The monoisotopic (exact) mass is 359 g/mol. The first-order valence-corrected chi connectivity index (χ1v) is 9.86. The van der Waals surface area contributed by atoms with Crippen molar-refractivity contribution < 1.29 is 14.6 Å². The first-order valence-electron chi connectivity index (χ1n) is 9.86. The Bertz CT molecular complexity index is 685. The van der Waals surface area contributed by atoms with Gasteiger partial charge >= 0.3 is 5.97 Å². The molecule has 6 heteroatoms. The maximum Gasteiger partial charge on any atom is 0.356 e. The second kappa shape index (κ2) is 7.16. The molecule has 3 aliphatic rings. The van der Waals surface area contributed by atoms with Crippen LogP contribution in [0, 0.1) is 5.41 Å². The van der Waals surface area contributed by atoms with Gasteiger partial charge in [0.2, 0.25) is 0 Å². The SMILES string of the molecule is C=CCn1nc(C(=O)O)c2c1CC[C@H](N1CCCC3(CCOCC3)C1)C2. The number of hydrogen-bond acceptors (Lipinski definition) is 4. The van der Waals surface area contributed by atoms with Crippen LogP contribution in [-0.4, -0.2) is 58.1 Å². The molecule has 1 spiro atoms. The van der Waals surface area contributed by atoms with E-state index >= 15 is 0 Å². The van der Waals surface area contributed by atoms with Crippen molar-refractivity contribution >= 4 is 5.97 Å². The van der Waals surface area contributed by atoms with Crippen LogP contribution < -0.4 is 0 Å². The summed E-state index contributed by atoms with van der Waals surface area (Å²) in [6.45, 7) is 8.39. The molecule has 1 atom stereocenters. The average Bonchev–Trinajstić information content (AvgIpc) is 3.01. The summed E-state index contributed by atoms with van der Waals surface area (Å²) in [4.78, 5) is 14.3. The molecule has 4 rings (SSSR count). The lowest BCUT2D eigenvalue weighted by atomic mass is 9.73. The topological polar surface area (TPSA) is 67.6 Å². The Morgan fingerprint density at radius 2 is 2.19 bits per heavy atom. The standard InChI is InChI=1S/C20H29N3O3/c1-2-9-23-17-5-4-15(13-16(17)18(21-23)19(24)25)22-10-3-6-20(14-22)7-11-26-12-8-20/h2,15H,1,3-14H2,(H,24,25)/t15-/m0/s1. The van der Waals surface area contributed by atoms with Crippen molar-refractivity contribution in [1.29, 1.82) is 0 Å². The Hall–Kier alpha value is -1.66. The average molecular weight is 359 g/mol. The van der Waals surface area contributed by atoms with Gasteiger partial charge in [0.25, 0.3) is 0 Å². The van der Waals surface area contributed by atoms with Crippen LogP contribution in [0.5, 0.6) is 0 Å². The van der Waals surface area contributed by atoms with E-state index in [9.17, 15) is 9.90 Å². The first kappa shape index (κ1) is 17.7. The van der Waals surface area contributed by atoms with E-state index in [2.05, 4.69) is 16.6 Å². The third kappa shape index (κ3) is 3.21. The number of nitrogens with zero attached hydrogens (tertiary/aromatic N) is 3. The molecule has 1 aliphatic carbocycles. The van der Waals surface area contributed by atoms with Gasteiger partial charge in [-0.05, 0) is 56.9 Å². The van der Waals surface area contributed by atoms with Crippen LogP contribution in [0.4, 0.5) is 0 Å². The van der Waals surface area contributed by atoms with E-state index in [1.54, 1.807) is 6.08 Å². The van der Waals surface area contributed by atoms with E-state index < -0.39 is 5.97 Å². The Labute approximate surface area is 154 Å². The van der Waals surface area contributed by atoms with Crippen molar-refractivity contribution in [2.24, 2.45) is 5.41 Å². The molecule has 0 unspecified atom stereocenters. The maximum atomic E-state index is 11.7. The molecule has 1 N–H and O–H groups in total. The number of carbonyl (C=O) groups is 1. The van der Waals surface area contributed by atoms with Crippen molar-refractivity contribution in [2.75, 3.05) is 26.3 Å². The Morgan fingerprint density at radius 1 is 1.38 bits per heavy atom. The van der Waals surface area contributed by atoms with E-state index in [4.69, 9.17) is 4.74 Å². The minimum atomic E-state index is -0.913. The largest absolute Gasteiger partial charge is 0.476 e. The van der Waals surface area contributed by atoms with Crippen molar-refractivity contribution in [3.8, 4) is 0 Å². The summed E-state index contributed by atoms with van der Waals surface area (Å²) >= 11 is 0. The summed E-state index contributed by atoms with van der Waals surface area (Å²) in [5.74, 6) is -0.913. The highest BCUT2D eigenvalue weighted by Gasteiger charge is 2.40. The number of hydrogen-bond donors (Lipinski definition) is 1. The number of aromatic nitrogens is 2. The molecule has 142 valence electrons. The normalized spacial score (nSPS) is 25.8. The Balaban J connectivity index is 1.54. The molecular formula is C20H29N3O3. The van der Waals surface area contributed by atoms with E-state index in [-0.39, 0.29) is 5.69 Å². The summed E-state index contributed by atoms with van der Waals surface area (Å²) in [7, 11) is 0. The highest BCUT2D eigenvalue weighted by Crippen LogP contribution is 2.41. The maximum absolute atomic E-state index is 11.7. The highest BCUT2D eigenvalue weighted by molar-refractivity contribution is 5.87. The van der Waals surface area contributed by atoms with Crippen molar-refractivity contribution in [2.45, 2.75) is 57.5 Å². The smallest absolute Gasteiger partial charge is 0.356 e. The third-order valence-electron chi connectivity index (χ3n) is 6.59. The number of allylic oxidation sites excluding steroid dienone is 1. The summed E-state index contributed by atoms with van der Waals surface area (Å²) in [6, 6.07) is 0.432. The zero-order valence-corrected chi connectivity index (χ0v) is 15.5. The lowest BCUT2D eigenvalue weighted by Crippen LogP contribution is -2.51. The van der Waals surface area contributed by atoms with E-state index in [1.807, 2.05) is 4.68 Å². The number of piperidine rings is 1. The zero-order chi connectivity index (χ0) is 18.1. The summed E-state index contributed by atoms with van der Waals surface area (Å²) < 4.78 is 7.42. The number of aromatic carboxylic acids is 1. The molecule has 0 radical (unpaired) electrons. The molecule has 0 amide bonds. The molecular weight excluding hydrogens is 330 g/mol. The predicted molar refractivity (Wildman–Crippen MR) is 98.5 cm³/mol. The zero-order valence-electron chi connectivity index (χ0n) is 15.5. The molecule has 2 aliphatic heterocycles. The van der Waals surface area contributed by atoms with Gasteiger partial charge in [0, 0.05) is 37.1 Å². The number of rotatable bonds is 4. The van der Waals surface area contributed by atoms with Crippen LogP contribution in [-0.2, 0) is 24.1 Å². The second-order valence-corrected chi connectivity index (χ2v) is 8.13. The van der Waals surface area contributed by atoms with Gasteiger partial charge in [0.1, 0.15) is 0 Å². The summed E-state index contributed by atoms with van der Waals surface area (Å²) in [5.41, 5.74) is 2.70. The number of likely N-dealkylation sites (tertiary alicyclic amines) is 1. The Kier molecular flexibility index (Phi) is 4.88. The van der Waals surface area contributed by atoms with Gasteiger partial charge in [-0.3, -0.25) is 9.58 Å². The first-order chi connectivity index (χ1) is 12.6. The van der Waals surface area contributed by atoms with Crippen LogP contribution in [0.2, 0.25) is 0 Å². The molecule has 2 saturated heterocycles. The fourth-order valence-corrected chi connectivity index (χ4v) is 5.20. The van der Waals surface area contributed by atoms with E-state index in [0.717, 1.165) is 56.8 Å². The molecule has 26 heavy (non-hydrogen) atoms. The van der Waals surface area contributed by atoms with Crippen LogP contribution in [0.3, 0.4) is 0 Å². The molecule has 2 fully saturated rings. The molecule has 0 aromatic carbocycles. The van der Waals surface area contributed by atoms with E-state index in [0.29, 0.717) is 18.0 Å². The van der Waals surface area contributed by atoms with Crippen molar-refractivity contribution in [1.82, 2.24) is 14.7 Å². The molecule has 3 heterocycles. The molecule has 0 bridgehead atoms. The fraction of sp³-hybridized carbons (Fsp3) is 0.700. The number of fused-ring (bicyclic) bond motifs is 1. The van der Waals surface area contributed by atoms with Crippen LogP contribution in [0.1, 0.15) is 53.8 Å². The Morgan fingerprint density at radius 3 is 2.92 bits per heavy atom. The number of ether oxygens (including phenoxy) is 1. The predicted octanol–water partition coefficient (Wildman–Crippen LogP) is 2.52. The molecule has 1 aromatic rings.